The summed E-state index contributed by atoms with van der Waals surface area (Å²) in [7, 11) is 3.09. The number of methoxy groups -OCH3 is 2. The summed E-state index contributed by atoms with van der Waals surface area (Å²) in [6, 6.07) is 12.3. The van der Waals surface area contributed by atoms with E-state index >= 15 is 0 Å². The van der Waals surface area contributed by atoms with Gasteiger partial charge in [0, 0.05) is 17.7 Å². The number of hydrogen-bond donors (Lipinski definition) is 2. The Labute approximate surface area is 157 Å². The van der Waals surface area contributed by atoms with Crippen LogP contribution in [0.2, 0.25) is 0 Å². The monoisotopic (exact) mass is 373 g/mol. The van der Waals surface area contributed by atoms with Crippen molar-refractivity contribution in [3.8, 4) is 17.2 Å². The normalized spacial score (nSPS) is 10.1. The van der Waals surface area contributed by atoms with Crippen LogP contribution in [0.15, 0.2) is 42.5 Å². The highest BCUT2D eigenvalue weighted by Crippen LogP contribution is 2.29. The quantitative estimate of drug-likeness (QED) is 0.622. The summed E-state index contributed by atoms with van der Waals surface area (Å²) in [5.74, 6) is 0.755. The number of carboxylic acid groups (broad SMARTS) is 1. The number of carbonyl (C=O) groups excluding carboxylic acids is 1. The van der Waals surface area contributed by atoms with Crippen molar-refractivity contribution in [2.75, 3.05) is 26.1 Å². The first kappa shape index (κ1) is 20.1. The van der Waals surface area contributed by atoms with Gasteiger partial charge in [0.05, 0.1) is 27.2 Å². The third-order valence-corrected chi connectivity index (χ3v) is 3.81. The summed E-state index contributed by atoms with van der Waals surface area (Å²) < 4.78 is 16.1. The number of anilines is 1. The van der Waals surface area contributed by atoms with Gasteiger partial charge in [0.1, 0.15) is 17.2 Å². The number of aliphatic carboxylic acids is 1. The molecule has 0 radical (unpaired) electrons. The van der Waals surface area contributed by atoms with Gasteiger partial charge in [0.25, 0.3) is 0 Å². The third-order valence-electron chi connectivity index (χ3n) is 3.81. The molecule has 1 amide bonds. The van der Waals surface area contributed by atoms with E-state index in [-0.39, 0.29) is 18.7 Å². The van der Waals surface area contributed by atoms with Crippen LogP contribution >= 0.6 is 0 Å². The van der Waals surface area contributed by atoms with Gasteiger partial charge < -0.3 is 24.6 Å². The summed E-state index contributed by atoms with van der Waals surface area (Å²) >= 11 is 0. The van der Waals surface area contributed by atoms with Crippen molar-refractivity contribution in [2.45, 2.75) is 19.3 Å². The minimum absolute atomic E-state index is 0.0700. The van der Waals surface area contributed by atoms with E-state index in [0.29, 0.717) is 41.5 Å². The molecule has 0 atom stereocenters. The lowest BCUT2D eigenvalue weighted by Gasteiger charge is -2.13. The third kappa shape index (κ3) is 6.22. The fourth-order valence-electron chi connectivity index (χ4n) is 2.52. The Kier molecular flexibility index (Phi) is 7.49. The highest BCUT2D eigenvalue weighted by Gasteiger charge is 2.14. The predicted molar refractivity (Wildman–Crippen MR) is 101 cm³/mol. The molecule has 0 aliphatic heterocycles. The summed E-state index contributed by atoms with van der Waals surface area (Å²) in [5, 5.41) is 11.4. The summed E-state index contributed by atoms with van der Waals surface area (Å²) in [5.41, 5.74) is 1.31. The van der Waals surface area contributed by atoms with Crippen LogP contribution in [0.5, 0.6) is 17.2 Å². The van der Waals surface area contributed by atoms with Crippen molar-refractivity contribution >= 4 is 17.6 Å². The van der Waals surface area contributed by atoms with E-state index in [1.807, 2.05) is 0 Å². The number of carboxylic acids is 1. The molecule has 0 bridgehead atoms. The number of nitrogens with one attached hydrogen (secondary N) is 1. The predicted octanol–water partition coefficient (Wildman–Crippen LogP) is 3.13. The molecule has 2 aromatic carbocycles. The first-order valence-corrected chi connectivity index (χ1v) is 8.48. The highest BCUT2D eigenvalue weighted by molar-refractivity contribution is 5.93. The van der Waals surface area contributed by atoms with Crippen molar-refractivity contribution < 1.29 is 28.9 Å². The average molecular weight is 373 g/mol. The molecule has 0 aromatic heterocycles. The molecule has 2 N–H and O–H groups in total. The zero-order valence-electron chi connectivity index (χ0n) is 15.4. The summed E-state index contributed by atoms with van der Waals surface area (Å²) in [6.07, 6.45) is 0.621. The minimum atomic E-state index is -0.844. The number of hydrogen-bond acceptors (Lipinski definition) is 5. The first-order chi connectivity index (χ1) is 13.0. The van der Waals surface area contributed by atoms with E-state index in [1.165, 1.54) is 0 Å². The van der Waals surface area contributed by atoms with Gasteiger partial charge in [-0.1, -0.05) is 6.07 Å². The van der Waals surface area contributed by atoms with Crippen LogP contribution in [-0.4, -0.2) is 37.8 Å². The second kappa shape index (κ2) is 10.1. The molecule has 27 heavy (non-hydrogen) atoms. The van der Waals surface area contributed by atoms with E-state index in [1.54, 1.807) is 56.7 Å². The lowest BCUT2D eigenvalue weighted by molar-refractivity contribution is -0.137. The Morgan fingerprint density at radius 3 is 2.19 bits per heavy atom. The van der Waals surface area contributed by atoms with Crippen LogP contribution < -0.4 is 19.5 Å². The Morgan fingerprint density at radius 1 is 1.00 bits per heavy atom. The van der Waals surface area contributed by atoms with Crippen LogP contribution in [-0.2, 0) is 16.0 Å². The van der Waals surface area contributed by atoms with Crippen LogP contribution in [0.25, 0.3) is 0 Å². The van der Waals surface area contributed by atoms with E-state index in [0.717, 1.165) is 0 Å². The zero-order chi connectivity index (χ0) is 19.6. The summed E-state index contributed by atoms with van der Waals surface area (Å²) in [6.45, 7) is 0.325. The van der Waals surface area contributed by atoms with Crippen molar-refractivity contribution in [1.29, 1.82) is 0 Å². The van der Waals surface area contributed by atoms with Crippen molar-refractivity contribution in [1.82, 2.24) is 0 Å². The number of amides is 1. The summed E-state index contributed by atoms with van der Waals surface area (Å²) in [4.78, 5) is 22.8. The number of carbonyl (C=O) groups is 2. The van der Waals surface area contributed by atoms with Crippen molar-refractivity contribution in [2.24, 2.45) is 0 Å². The standard InChI is InChI=1S/C20H23NO6/c1-25-17-5-3-6-18(26-2)16(17)13-19(22)21-14-8-10-15(11-9-14)27-12-4-7-20(23)24/h3,5-6,8-11H,4,7,12-13H2,1-2H3,(H,21,22)(H,23,24). The van der Waals surface area contributed by atoms with Gasteiger partial charge in [0.15, 0.2) is 0 Å². The van der Waals surface area contributed by atoms with Gasteiger partial charge in [-0.3, -0.25) is 9.59 Å². The Morgan fingerprint density at radius 2 is 1.63 bits per heavy atom. The molecule has 7 heteroatoms. The second-order valence-corrected chi connectivity index (χ2v) is 5.74. The largest absolute Gasteiger partial charge is 0.496 e. The smallest absolute Gasteiger partial charge is 0.303 e. The molecular formula is C20H23NO6. The zero-order valence-corrected chi connectivity index (χ0v) is 15.4. The molecule has 2 aromatic rings. The van der Waals surface area contributed by atoms with Crippen LogP contribution in [0.4, 0.5) is 5.69 Å². The number of benzene rings is 2. The van der Waals surface area contributed by atoms with Gasteiger partial charge in [-0.2, -0.15) is 0 Å². The fraction of sp³-hybridized carbons (Fsp3) is 0.300. The Hall–Kier alpha value is -3.22. The van der Waals surface area contributed by atoms with E-state index in [4.69, 9.17) is 19.3 Å². The first-order valence-electron chi connectivity index (χ1n) is 8.48. The van der Waals surface area contributed by atoms with Crippen LogP contribution in [0, 0.1) is 0 Å². The molecule has 144 valence electrons. The van der Waals surface area contributed by atoms with Gasteiger partial charge in [-0.25, -0.2) is 0 Å². The van der Waals surface area contributed by atoms with Crippen LogP contribution in [0.1, 0.15) is 18.4 Å². The minimum Gasteiger partial charge on any atom is -0.496 e. The number of rotatable bonds is 10. The maximum atomic E-state index is 12.4. The molecule has 0 unspecified atom stereocenters. The Balaban J connectivity index is 1.92. The lowest BCUT2D eigenvalue weighted by Crippen LogP contribution is -2.15. The molecule has 0 spiro atoms. The molecule has 0 saturated heterocycles. The van der Waals surface area contributed by atoms with Gasteiger partial charge in [-0.15, -0.1) is 0 Å². The molecule has 0 aliphatic carbocycles. The van der Waals surface area contributed by atoms with Crippen molar-refractivity contribution in [3.05, 3.63) is 48.0 Å². The molecule has 0 aliphatic rings. The molecule has 2 rings (SSSR count). The van der Waals surface area contributed by atoms with Crippen LogP contribution in [0.3, 0.4) is 0 Å². The maximum absolute atomic E-state index is 12.4. The number of ether oxygens (including phenoxy) is 3. The molecule has 0 heterocycles. The Bertz CT molecular complexity index is 750. The molecule has 7 nitrogen and oxygen atoms in total. The topological polar surface area (TPSA) is 94.1 Å². The fourth-order valence-corrected chi connectivity index (χ4v) is 2.52. The molecule has 0 fully saturated rings. The SMILES string of the molecule is COc1cccc(OC)c1CC(=O)Nc1ccc(OCCCC(=O)O)cc1. The highest BCUT2D eigenvalue weighted by atomic mass is 16.5. The van der Waals surface area contributed by atoms with Gasteiger partial charge in [0.2, 0.25) is 5.91 Å². The lowest BCUT2D eigenvalue weighted by atomic mass is 10.1. The molecule has 0 saturated carbocycles. The van der Waals surface area contributed by atoms with Gasteiger partial charge in [-0.05, 0) is 42.8 Å². The van der Waals surface area contributed by atoms with Gasteiger partial charge >= 0.3 is 5.97 Å². The van der Waals surface area contributed by atoms with Crippen molar-refractivity contribution in [3.63, 3.8) is 0 Å². The average Bonchev–Trinajstić information content (AvgIpc) is 2.66. The maximum Gasteiger partial charge on any atom is 0.303 e. The van der Waals surface area contributed by atoms with E-state index < -0.39 is 5.97 Å². The van der Waals surface area contributed by atoms with E-state index in [2.05, 4.69) is 5.32 Å². The molecular weight excluding hydrogens is 350 g/mol. The van der Waals surface area contributed by atoms with E-state index in [9.17, 15) is 9.59 Å². The second-order valence-electron chi connectivity index (χ2n) is 5.74.